The number of aliphatic hydroxyl groups excluding tert-OH is 1. The number of amides is 1. The van der Waals surface area contributed by atoms with Gasteiger partial charge in [0.25, 0.3) is 11.7 Å². The summed E-state index contributed by atoms with van der Waals surface area (Å²) in [6.07, 6.45) is -4.58. The number of aliphatic hydroxyl groups is 1. The Bertz CT molecular complexity index is 1350. The van der Waals surface area contributed by atoms with E-state index in [0.717, 1.165) is 29.2 Å². The molecule has 180 valence electrons. The zero-order chi connectivity index (χ0) is 25.5. The molecule has 1 unspecified atom stereocenters. The number of Topliss-reactive ketones (excluding diaryl/α,β-unsaturated/α-hetero) is 1. The van der Waals surface area contributed by atoms with Crippen LogP contribution in [0.2, 0.25) is 10.0 Å². The molecule has 0 spiro atoms. The molecule has 1 fully saturated rings. The third-order valence-corrected chi connectivity index (χ3v) is 6.26. The van der Waals surface area contributed by atoms with Gasteiger partial charge in [0.15, 0.2) is 0 Å². The van der Waals surface area contributed by atoms with Gasteiger partial charge < -0.3 is 9.84 Å². The number of rotatable bonds is 4. The Balaban J connectivity index is 1.93. The molecular formula is C25H16Cl2F3NO4. The lowest BCUT2D eigenvalue weighted by Crippen LogP contribution is -2.29. The molecule has 0 bridgehead atoms. The van der Waals surface area contributed by atoms with Crippen LogP contribution < -0.4 is 9.64 Å². The molecule has 0 aliphatic carbocycles. The minimum absolute atomic E-state index is 0.0427. The van der Waals surface area contributed by atoms with Gasteiger partial charge in [-0.05, 0) is 60.2 Å². The molecule has 0 radical (unpaired) electrons. The number of anilines is 1. The van der Waals surface area contributed by atoms with E-state index in [1.165, 1.54) is 25.3 Å². The molecule has 0 saturated carbocycles. The molecule has 3 aromatic carbocycles. The summed E-state index contributed by atoms with van der Waals surface area (Å²) < 4.78 is 44.5. The van der Waals surface area contributed by atoms with Crippen LogP contribution in [0.5, 0.6) is 5.75 Å². The Labute approximate surface area is 207 Å². The standard InChI is InChI=1S/C25H16Cl2F3NO4/c1-35-17-4-2-3-13(11-17)21-20(22(32)14-5-10-18(26)19(27)12-14)23(33)24(34)31(21)16-8-6-15(7-9-16)25(28,29)30/h2-12,21,32H,1H3/b22-20-. The van der Waals surface area contributed by atoms with Crippen LogP contribution in [0.3, 0.4) is 0 Å². The molecule has 1 N–H and O–H groups in total. The van der Waals surface area contributed by atoms with Gasteiger partial charge in [0.2, 0.25) is 0 Å². The Kier molecular flexibility index (Phi) is 6.53. The van der Waals surface area contributed by atoms with Gasteiger partial charge in [0, 0.05) is 11.3 Å². The number of ketones is 1. The summed E-state index contributed by atoms with van der Waals surface area (Å²) in [7, 11) is 1.43. The van der Waals surface area contributed by atoms with Gasteiger partial charge >= 0.3 is 6.18 Å². The number of nitrogens with zero attached hydrogens (tertiary/aromatic N) is 1. The summed E-state index contributed by atoms with van der Waals surface area (Å²) in [6, 6.07) is 13.3. The fourth-order valence-electron chi connectivity index (χ4n) is 3.84. The Morgan fingerprint density at radius 1 is 0.971 bits per heavy atom. The number of halogens is 5. The fraction of sp³-hybridized carbons (Fsp3) is 0.120. The van der Waals surface area contributed by atoms with Gasteiger partial charge in [0.1, 0.15) is 11.5 Å². The Morgan fingerprint density at radius 3 is 2.26 bits per heavy atom. The monoisotopic (exact) mass is 521 g/mol. The van der Waals surface area contributed by atoms with Crippen molar-refractivity contribution >= 4 is 46.3 Å². The van der Waals surface area contributed by atoms with Crippen LogP contribution in [0.1, 0.15) is 22.7 Å². The molecule has 1 aliphatic heterocycles. The second kappa shape index (κ2) is 9.28. The predicted molar refractivity (Wildman–Crippen MR) is 126 cm³/mol. The van der Waals surface area contributed by atoms with Crippen molar-refractivity contribution in [3.8, 4) is 5.75 Å². The summed E-state index contributed by atoms with van der Waals surface area (Å²) in [5.41, 5.74) is -0.600. The number of carbonyl (C=O) groups is 2. The molecule has 3 aromatic rings. The number of carbonyl (C=O) groups excluding carboxylic acids is 2. The summed E-state index contributed by atoms with van der Waals surface area (Å²) in [5, 5.41) is 11.4. The van der Waals surface area contributed by atoms with E-state index in [1.807, 2.05) is 0 Å². The fourth-order valence-corrected chi connectivity index (χ4v) is 4.13. The first-order valence-corrected chi connectivity index (χ1v) is 10.9. The number of benzene rings is 3. The van der Waals surface area contributed by atoms with Crippen molar-refractivity contribution in [2.45, 2.75) is 12.2 Å². The van der Waals surface area contributed by atoms with E-state index < -0.39 is 35.2 Å². The lowest BCUT2D eigenvalue weighted by molar-refractivity contribution is -0.137. The van der Waals surface area contributed by atoms with Crippen LogP contribution in [0.4, 0.5) is 18.9 Å². The molecule has 1 amide bonds. The molecular weight excluding hydrogens is 506 g/mol. The molecule has 10 heteroatoms. The van der Waals surface area contributed by atoms with Gasteiger partial charge in [-0.1, -0.05) is 35.3 Å². The molecule has 1 aliphatic rings. The number of hydrogen-bond acceptors (Lipinski definition) is 4. The van der Waals surface area contributed by atoms with Gasteiger partial charge in [-0.25, -0.2) is 0 Å². The number of alkyl halides is 3. The van der Waals surface area contributed by atoms with Crippen LogP contribution >= 0.6 is 23.2 Å². The molecule has 0 aromatic heterocycles. The highest BCUT2D eigenvalue weighted by Gasteiger charge is 2.47. The Hall–Kier alpha value is -3.49. The topological polar surface area (TPSA) is 66.8 Å². The van der Waals surface area contributed by atoms with Gasteiger partial charge in [0.05, 0.1) is 34.3 Å². The second-order valence-corrected chi connectivity index (χ2v) is 8.43. The predicted octanol–water partition coefficient (Wildman–Crippen LogP) is 6.65. The van der Waals surface area contributed by atoms with Crippen molar-refractivity contribution < 1.29 is 32.6 Å². The normalized spacial score (nSPS) is 17.7. The van der Waals surface area contributed by atoms with Crippen LogP contribution in [-0.2, 0) is 15.8 Å². The van der Waals surface area contributed by atoms with Gasteiger partial charge in [-0.3, -0.25) is 14.5 Å². The summed E-state index contributed by atoms with van der Waals surface area (Å²) in [5.74, 6) is -2.13. The smallest absolute Gasteiger partial charge is 0.416 e. The first-order chi connectivity index (χ1) is 16.5. The van der Waals surface area contributed by atoms with Crippen LogP contribution in [0.15, 0.2) is 72.3 Å². The zero-order valence-corrected chi connectivity index (χ0v) is 19.4. The first-order valence-electron chi connectivity index (χ1n) is 10.1. The van der Waals surface area contributed by atoms with Crippen LogP contribution in [0, 0.1) is 0 Å². The van der Waals surface area contributed by atoms with Gasteiger partial charge in [-0.15, -0.1) is 0 Å². The van der Waals surface area contributed by atoms with Crippen molar-refractivity contribution in [2.24, 2.45) is 0 Å². The molecule has 5 nitrogen and oxygen atoms in total. The number of hydrogen-bond donors (Lipinski definition) is 1. The molecule has 1 saturated heterocycles. The summed E-state index contributed by atoms with van der Waals surface area (Å²) in [4.78, 5) is 27.3. The van der Waals surface area contributed by atoms with Crippen LogP contribution in [-0.4, -0.2) is 23.9 Å². The minimum Gasteiger partial charge on any atom is -0.507 e. The second-order valence-electron chi connectivity index (χ2n) is 7.62. The SMILES string of the molecule is COc1cccc(C2/C(=C(/O)c3ccc(Cl)c(Cl)c3)C(=O)C(=O)N2c2ccc(C(F)(F)F)cc2)c1. The third-order valence-electron chi connectivity index (χ3n) is 5.52. The average Bonchev–Trinajstić information content (AvgIpc) is 3.10. The lowest BCUT2D eigenvalue weighted by Gasteiger charge is -2.26. The average molecular weight is 522 g/mol. The largest absolute Gasteiger partial charge is 0.507 e. The van der Waals surface area contributed by atoms with Crippen molar-refractivity contribution in [1.29, 1.82) is 0 Å². The maximum Gasteiger partial charge on any atom is 0.416 e. The Morgan fingerprint density at radius 2 is 1.66 bits per heavy atom. The molecule has 1 atom stereocenters. The highest BCUT2D eigenvalue weighted by molar-refractivity contribution is 6.51. The molecule has 1 heterocycles. The zero-order valence-electron chi connectivity index (χ0n) is 17.9. The van der Waals surface area contributed by atoms with Crippen molar-refractivity contribution in [1.82, 2.24) is 0 Å². The first kappa shape index (κ1) is 24.6. The van der Waals surface area contributed by atoms with Gasteiger partial charge in [-0.2, -0.15) is 13.2 Å². The van der Waals surface area contributed by atoms with E-state index in [0.29, 0.717) is 11.3 Å². The quantitative estimate of drug-likeness (QED) is 0.237. The molecule has 4 rings (SSSR count). The van der Waals surface area contributed by atoms with E-state index in [1.54, 1.807) is 24.3 Å². The number of ether oxygens (including phenoxy) is 1. The third kappa shape index (κ3) is 4.59. The van der Waals surface area contributed by atoms with E-state index in [9.17, 15) is 27.9 Å². The van der Waals surface area contributed by atoms with Crippen LogP contribution in [0.25, 0.3) is 5.76 Å². The highest BCUT2D eigenvalue weighted by Crippen LogP contribution is 2.43. The summed E-state index contributed by atoms with van der Waals surface area (Å²) in [6.45, 7) is 0. The minimum atomic E-state index is -4.58. The maximum absolute atomic E-state index is 13.1. The highest BCUT2D eigenvalue weighted by atomic mass is 35.5. The van der Waals surface area contributed by atoms with Crippen molar-refractivity contribution in [2.75, 3.05) is 12.0 Å². The maximum atomic E-state index is 13.1. The van der Waals surface area contributed by atoms with E-state index >= 15 is 0 Å². The van der Waals surface area contributed by atoms with Crippen molar-refractivity contribution in [3.05, 3.63) is 99.0 Å². The van der Waals surface area contributed by atoms with E-state index in [2.05, 4.69) is 0 Å². The lowest BCUT2D eigenvalue weighted by atomic mass is 9.95. The number of methoxy groups -OCH3 is 1. The molecule has 35 heavy (non-hydrogen) atoms. The van der Waals surface area contributed by atoms with Crippen molar-refractivity contribution in [3.63, 3.8) is 0 Å². The summed E-state index contributed by atoms with van der Waals surface area (Å²) >= 11 is 12.0. The van der Waals surface area contributed by atoms with E-state index in [-0.39, 0.29) is 26.9 Å². The van der Waals surface area contributed by atoms with E-state index in [4.69, 9.17) is 27.9 Å².